The van der Waals surface area contributed by atoms with Crippen LogP contribution in [-0.2, 0) is 9.53 Å². The standard InChI is InChI=1S/C13H27NO3/c1-6-7-13(4,12(15)16)14(8-9-17-5)10-11(2)3/h11H,6-10H2,1-5H3,(H,15,16). The molecule has 4 nitrogen and oxygen atoms in total. The summed E-state index contributed by atoms with van der Waals surface area (Å²) >= 11 is 0. The van der Waals surface area contributed by atoms with Crippen LogP contribution in [-0.4, -0.2) is 48.3 Å². The Labute approximate surface area is 105 Å². The minimum atomic E-state index is -0.780. The van der Waals surface area contributed by atoms with Gasteiger partial charge in [0.05, 0.1) is 6.61 Å². The first-order valence-electron chi connectivity index (χ1n) is 6.35. The minimum absolute atomic E-state index is 0.447. The van der Waals surface area contributed by atoms with Crippen molar-refractivity contribution in [2.45, 2.75) is 46.1 Å². The summed E-state index contributed by atoms with van der Waals surface area (Å²) in [6, 6.07) is 0. The zero-order chi connectivity index (χ0) is 13.5. The van der Waals surface area contributed by atoms with E-state index in [1.165, 1.54) is 0 Å². The molecule has 0 aliphatic heterocycles. The Bertz CT molecular complexity index is 231. The number of carbonyl (C=O) groups is 1. The molecular weight excluding hydrogens is 218 g/mol. The van der Waals surface area contributed by atoms with E-state index in [-0.39, 0.29) is 0 Å². The van der Waals surface area contributed by atoms with E-state index in [1.807, 2.05) is 18.7 Å². The lowest BCUT2D eigenvalue weighted by molar-refractivity contribution is -0.152. The van der Waals surface area contributed by atoms with Crippen molar-refractivity contribution in [1.29, 1.82) is 0 Å². The molecular formula is C13H27NO3. The first-order chi connectivity index (χ1) is 7.88. The molecule has 1 unspecified atom stereocenters. The van der Waals surface area contributed by atoms with E-state index in [2.05, 4.69) is 13.8 Å². The highest BCUT2D eigenvalue weighted by atomic mass is 16.5. The molecule has 0 radical (unpaired) electrons. The van der Waals surface area contributed by atoms with E-state index in [9.17, 15) is 9.90 Å². The molecule has 4 heteroatoms. The largest absolute Gasteiger partial charge is 0.480 e. The number of ether oxygens (including phenoxy) is 1. The van der Waals surface area contributed by atoms with Crippen LogP contribution in [0.4, 0.5) is 0 Å². The average Bonchev–Trinajstić information content (AvgIpc) is 2.23. The third kappa shape index (κ3) is 5.04. The summed E-state index contributed by atoms with van der Waals surface area (Å²) < 4.78 is 5.07. The van der Waals surface area contributed by atoms with Gasteiger partial charge in [-0.05, 0) is 19.3 Å². The Balaban J connectivity index is 4.85. The topological polar surface area (TPSA) is 49.8 Å². The molecule has 0 fully saturated rings. The van der Waals surface area contributed by atoms with Crippen LogP contribution in [0.15, 0.2) is 0 Å². The quantitative estimate of drug-likeness (QED) is 0.677. The summed E-state index contributed by atoms with van der Waals surface area (Å²) in [5, 5.41) is 9.46. The molecule has 1 N–H and O–H groups in total. The monoisotopic (exact) mass is 245 g/mol. The first-order valence-corrected chi connectivity index (χ1v) is 6.35. The fraction of sp³-hybridized carbons (Fsp3) is 0.923. The average molecular weight is 245 g/mol. The van der Waals surface area contributed by atoms with Gasteiger partial charge in [-0.2, -0.15) is 0 Å². The van der Waals surface area contributed by atoms with Crippen LogP contribution in [0.3, 0.4) is 0 Å². The van der Waals surface area contributed by atoms with Crippen LogP contribution >= 0.6 is 0 Å². The van der Waals surface area contributed by atoms with Gasteiger partial charge in [-0.1, -0.05) is 27.2 Å². The van der Waals surface area contributed by atoms with Crippen LogP contribution in [0.25, 0.3) is 0 Å². The van der Waals surface area contributed by atoms with E-state index < -0.39 is 11.5 Å². The fourth-order valence-electron chi connectivity index (χ4n) is 2.07. The van der Waals surface area contributed by atoms with Gasteiger partial charge in [-0.3, -0.25) is 9.69 Å². The van der Waals surface area contributed by atoms with Crippen molar-refractivity contribution in [3.05, 3.63) is 0 Å². The minimum Gasteiger partial charge on any atom is -0.480 e. The molecule has 0 saturated carbocycles. The second kappa shape index (κ2) is 7.67. The smallest absolute Gasteiger partial charge is 0.323 e. The molecule has 0 saturated heterocycles. The Morgan fingerprint density at radius 3 is 2.41 bits per heavy atom. The third-order valence-corrected chi connectivity index (χ3v) is 3.05. The summed E-state index contributed by atoms with van der Waals surface area (Å²) in [5.74, 6) is -0.293. The number of carboxylic acid groups (broad SMARTS) is 1. The van der Waals surface area contributed by atoms with Gasteiger partial charge in [0.2, 0.25) is 0 Å². The van der Waals surface area contributed by atoms with Gasteiger partial charge in [-0.15, -0.1) is 0 Å². The molecule has 0 aromatic heterocycles. The Hall–Kier alpha value is -0.610. The summed E-state index contributed by atoms with van der Waals surface area (Å²) in [6.45, 7) is 10.1. The number of rotatable bonds is 9. The molecule has 0 rings (SSSR count). The van der Waals surface area contributed by atoms with Crippen molar-refractivity contribution in [3.8, 4) is 0 Å². The number of hydrogen-bond acceptors (Lipinski definition) is 3. The molecule has 102 valence electrons. The zero-order valence-corrected chi connectivity index (χ0v) is 11.8. The Morgan fingerprint density at radius 1 is 1.47 bits per heavy atom. The van der Waals surface area contributed by atoms with Crippen LogP contribution in [0.2, 0.25) is 0 Å². The van der Waals surface area contributed by atoms with Gasteiger partial charge in [-0.25, -0.2) is 0 Å². The Kier molecular flexibility index (Phi) is 7.39. The number of aliphatic carboxylic acids is 1. The van der Waals surface area contributed by atoms with Crippen LogP contribution < -0.4 is 0 Å². The maximum Gasteiger partial charge on any atom is 0.323 e. The van der Waals surface area contributed by atoms with Crippen LogP contribution in [0, 0.1) is 5.92 Å². The third-order valence-electron chi connectivity index (χ3n) is 3.05. The lowest BCUT2D eigenvalue weighted by atomic mass is 9.92. The predicted octanol–water partition coefficient (Wildman–Crippen LogP) is 2.23. The van der Waals surface area contributed by atoms with Gasteiger partial charge in [0.1, 0.15) is 5.54 Å². The molecule has 0 heterocycles. The van der Waals surface area contributed by atoms with Gasteiger partial charge in [0.15, 0.2) is 0 Å². The van der Waals surface area contributed by atoms with Crippen molar-refractivity contribution < 1.29 is 14.6 Å². The normalized spacial score (nSPS) is 15.2. The van der Waals surface area contributed by atoms with Crippen molar-refractivity contribution in [2.75, 3.05) is 26.8 Å². The summed E-state index contributed by atoms with van der Waals surface area (Å²) in [7, 11) is 1.64. The first kappa shape index (κ1) is 16.4. The van der Waals surface area contributed by atoms with E-state index in [4.69, 9.17) is 4.74 Å². The second-order valence-corrected chi connectivity index (χ2v) is 5.16. The van der Waals surface area contributed by atoms with E-state index in [0.29, 0.717) is 25.5 Å². The Morgan fingerprint density at radius 2 is 2.06 bits per heavy atom. The highest BCUT2D eigenvalue weighted by Gasteiger charge is 2.38. The highest BCUT2D eigenvalue weighted by Crippen LogP contribution is 2.23. The van der Waals surface area contributed by atoms with E-state index in [0.717, 1.165) is 13.0 Å². The van der Waals surface area contributed by atoms with Gasteiger partial charge < -0.3 is 9.84 Å². The maximum atomic E-state index is 11.5. The summed E-state index contributed by atoms with van der Waals surface area (Å²) in [6.07, 6.45) is 1.53. The van der Waals surface area contributed by atoms with E-state index >= 15 is 0 Å². The summed E-state index contributed by atoms with van der Waals surface area (Å²) in [4.78, 5) is 13.5. The second-order valence-electron chi connectivity index (χ2n) is 5.16. The van der Waals surface area contributed by atoms with Crippen molar-refractivity contribution in [1.82, 2.24) is 4.90 Å². The molecule has 0 bridgehead atoms. The molecule has 1 atom stereocenters. The lowest BCUT2D eigenvalue weighted by Gasteiger charge is -2.38. The molecule has 0 aliphatic carbocycles. The van der Waals surface area contributed by atoms with Gasteiger partial charge in [0, 0.05) is 20.2 Å². The lowest BCUT2D eigenvalue weighted by Crippen LogP contribution is -2.54. The SMILES string of the molecule is CCCC(C)(C(=O)O)N(CCOC)CC(C)C. The van der Waals surface area contributed by atoms with Crippen molar-refractivity contribution in [3.63, 3.8) is 0 Å². The molecule has 0 aromatic rings. The zero-order valence-electron chi connectivity index (χ0n) is 11.8. The number of carboxylic acids is 1. The van der Waals surface area contributed by atoms with Crippen LogP contribution in [0.5, 0.6) is 0 Å². The fourth-order valence-corrected chi connectivity index (χ4v) is 2.07. The van der Waals surface area contributed by atoms with Crippen LogP contribution in [0.1, 0.15) is 40.5 Å². The summed E-state index contributed by atoms with van der Waals surface area (Å²) in [5.41, 5.74) is -0.780. The van der Waals surface area contributed by atoms with Gasteiger partial charge in [0.25, 0.3) is 0 Å². The predicted molar refractivity (Wildman–Crippen MR) is 69.2 cm³/mol. The van der Waals surface area contributed by atoms with Gasteiger partial charge >= 0.3 is 5.97 Å². The molecule has 0 aromatic carbocycles. The van der Waals surface area contributed by atoms with Crippen molar-refractivity contribution in [2.24, 2.45) is 5.92 Å². The molecule has 0 spiro atoms. The van der Waals surface area contributed by atoms with E-state index in [1.54, 1.807) is 7.11 Å². The van der Waals surface area contributed by atoms with Crippen molar-refractivity contribution >= 4 is 5.97 Å². The number of nitrogens with zero attached hydrogens (tertiary/aromatic N) is 1. The highest BCUT2D eigenvalue weighted by molar-refractivity contribution is 5.78. The molecule has 0 aliphatic rings. The number of hydrogen-bond donors (Lipinski definition) is 1. The number of methoxy groups -OCH3 is 1. The molecule has 17 heavy (non-hydrogen) atoms. The maximum absolute atomic E-state index is 11.5. The molecule has 0 amide bonds.